The molecule has 1 saturated heterocycles. The van der Waals surface area contributed by atoms with Gasteiger partial charge in [-0.2, -0.15) is 5.10 Å². The number of benzene rings is 1. The fourth-order valence-corrected chi connectivity index (χ4v) is 2.78. The number of hydrogen-bond donors (Lipinski definition) is 1. The summed E-state index contributed by atoms with van der Waals surface area (Å²) in [7, 11) is 0. The van der Waals surface area contributed by atoms with Crippen molar-refractivity contribution < 1.29 is 5.11 Å². The average Bonchev–Trinajstić information content (AvgIpc) is 2.48. The quantitative estimate of drug-likeness (QED) is 0.895. The van der Waals surface area contributed by atoms with E-state index in [-0.39, 0.29) is 0 Å². The van der Waals surface area contributed by atoms with Gasteiger partial charge in [-0.1, -0.05) is 24.3 Å². The second-order valence-electron chi connectivity index (χ2n) is 5.27. The number of nitrogens with zero attached hydrogens (tertiary/aromatic N) is 3. The molecule has 0 radical (unpaired) electrons. The maximum absolute atomic E-state index is 9.21. The van der Waals surface area contributed by atoms with E-state index >= 15 is 0 Å². The highest BCUT2D eigenvalue weighted by atomic mass is 16.3. The summed E-state index contributed by atoms with van der Waals surface area (Å²) in [6.07, 6.45) is 2.06. The van der Waals surface area contributed by atoms with Gasteiger partial charge in [0.25, 0.3) is 0 Å². The third kappa shape index (κ3) is 2.28. The molecule has 0 bridgehead atoms. The van der Waals surface area contributed by atoms with Crippen LogP contribution in [-0.4, -0.2) is 35.0 Å². The Morgan fingerprint density at radius 1 is 1.16 bits per heavy atom. The summed E-state index contributed by atoms with van der Waals surface area (Å²) in [5, 5.41) is 20.2. The molecule has 1 fully saturated rings. The van der Waals surface area contributed by atoms with Crippen LogP contribution in [0.2, 0.25) is 0 Å². The largest absolute Gasteiger partial charge is 0.396 e. The molecule has 0 aliphatic carbocycles. The first-order valence-corrected chi connectivity index (χ1v) is 6.87. The Balaban J connectivity index is 1.95. The number of aliphatic hydroxyl groups excluding tert-OH is 1. The summed E-state index contributed by atoms with van der Waals surface area (Å²) in [6.45, 7) is 4.20. The van der Waals surface area contributed by atoms with Crippen LogP contribution in [0.15, 0.2) is 24.3 Å². The summed E-state index contributed by atoms with van der Waals surface area (Å²) in [4.78, 5) is 2.29. The molecule has 0 amide bonds. The Morgan fingerprint density at radius 3 is 2.53 bits per heavy atom. The molecule has 0 atom stereocenters. The van der Waals surface area contributed by atoms with Crippen molar-refractivity contribution >= 4 is 16.6 Å². The van der Waals surface area contributed by atoms with E-state index in [0.29, 0.717) is 12.5 Å². The van der Waals surface area contributed by atoms with Crippen LogP contribution in [0.3, 0.4) is 0 Å². The molecule has 0 spiro atoms. The van der Waals surface area contributed by atoms with Gasteiger partial charge in [-0.15, -0.1) is 5.10 Å². The van der Waals surface area contributed by atoms with E-state index in [1.54, 1.807) is 0 Å². The number of piperidine rings is 1. The molecule has 2 aromatic rings. The lowest BCUT2D eigenvalue weighted by Gasteiger charge is -2.32. The van der Waals surface area contributed by atoms with Crippen LogP contribution in [0.25, 0.3) is 10.8 Å². The zero-order valence-corrected chi connectivity index (χ0v) is 11.2. The van der Waals surface area contributed by atoms with Crippen LogP contribution in [0.4, 0.5) is 5.82 Å². The molecule has 0 saturated carbocycles. The number of hydrogen-bond acceptors (Lipinski definition) is 4. The van der Waals surface area contributed by atoms with Gasteiger partial charge < -0.3 is 10.0 Å². The maximum atomic E-state index is 9.21. The highest BCUT2D eigenvalue weighted by molar-refractivity contribution is 5.93. The van der Waals surface area contributed by atoms with Crippen molar-refractivity contribution in [3.8, 4) is 0 Å². The number of anilines is 1. The summed E-state index contributed by atoms with van der Waals surface area (Å²) in [5.41, 5.74) is 0.976. The number of fused-ring (bicyclic) bond motifs is 1. The molecule has 100 valence electrons. The van der Waals surface area contributed by atoms with Gasteiger partial charge in [0, 0.05) is 30.5 Å². The first kappa shape index (κ1) is 12.4. The second kappa shape index (κ2) is 5.13. The normalized spacial score (nSPS) is 17.1. The van der Waals surface area contributed by atoms with Crippen LogP contribution < -0.4 is 4.90 Å². The molecule has 1 aromatic heterocycles. The zero-order chi connectivity index (χ0) is 13.2. The van der Waals surface area contributed by atoms with E-state index in [0.717, 1.165) is 37.4 Å². The second-order valence-corrected chi connectivity index (χ2v) is 5.27. The van der Waals surface area contributed by atoms with Crippen molar-refractivity contribution in [3.63, 3.8) is 0 Å². The van der Waals surface area contributed by atoms with Crippen LogP contribution >= 0.6 is 0 Å². The maximum Gasteiger partial charge on any atom is 0.159 e. The first-order valence-electron chi connectivity index (χ1n) is 6.87. The summed E-state index contributed by atoms with van der Waals surface area (Å²) < 4.78 is 0. The smallest absolute Gasteiger partial charge is 0.159 e. The lowest BCUT2D eigenvalue weighted by atomic mass is 9.97. The predicted octanol–water partition coefficient (Wildman–Crippen LogP) is 2.15. The minimum Gasteiger partial charge on any atom is -0.396 e. The number of aliphatic hydroxyl groups is 1. The zero-order valence-electron chi connectivity index (χ0n) is 11.2. The van der Waals surface area contributed by atoms with E-state index in [1.807, 2.05) is 19.1 Å². The highest BCUT2D eigenvalue weighted by Gasteiger charge is 2.21. The molecule has 1 aliphatic rings. The molecule has 4 nitrogen and oxygen atoms in total. The molecule has 1 aromatic carbocycles. The minimum atomic E-state index is 0.300. The fourth-order valence-electron chi connectivity index (χ4n) is 2.78. The van der Waals surface area contributed by atoms with Gasteiger partial charge in [0.2, 0.25) is 0 Å². The Bertz CT molecular complexity index is 577. The van der Waals surface area contributed by atoms with Crippen molar-refractivity contribution in [1.82, 2.24) is 10.2 Å². The van der Waals surface area contributed by atoms with Crippen LogP contribution in [0.1, 0.15) is 18.5 Å². The van der Waals surface area contributed by atoms with E-state index in [9.17, 15) is 5.11 Å². The molecule has 0 unspecified atom stereocenters. The van der Waals surface area contributed by atoms with Gasteiger partial charge in [-0.05, 0) is 25.7 Å². The van der Waals surface area contributed by atoms with Crippen molar-refractivity contribution in [1.29, 1.82) is 0 Å². The van der Waals surface area contributed by atoms with Gasteiger partial charge in [-0.3, -0.25) is 0 Å². The molecular formula is C15H19N3O. The Labute approximate surface area is 113 Å². The van der Waals surface area contributed by atoms with E-state index < -0.39 is 0 Å². The van der Waals surface area contributed by atoms with Gasteiger partial charge in [0.15, 0.2) is 5.82 Å². The van der Waals surface area contributed by atoms with Gasteiger partial charge in [0.05, 0.1) is 5.69 Å². The minimum absolute atomic E-state index is 0.300. The Morgan fingerprint density at radius 2 is 1.84 bits per heavy atom. The molecule has 2 heterocycles. The third-order valence-corrected chi connectivity index (χ3v) is 4.02. The monoisotopic (exact) mass is 257 g/mol. The standard InChI is InChI=1S/C15H19N3O/c1-11-13-4-2-3-5-14(13)15(17-16-11)18-8-6-12(10-19)7-9-18/h2-5,12,19H,6-10H2,1H3. The average molecular weight is 257 g/mol. The lowest BCUT2D eigenvalue weighted by Crippen LogP contribution is -2.35. The van der Waals surface area contributed by atoms with Gasteiger partial charge >= 0.3 is 0 Å². The summed E-state index contributed by atoms with van der Waals surface area (Å²) >= 11 is 0. The molecule has 3 rings (SSSR count). The molecule has 4 heteroatoms. The Kier molecular flexibility index (Phi) is 3.34. The number of aromatic nitrogens is 2. The topological polar surface area (TPSA) is 49.2 Å². The first-order chi connectivity index (χ1) is 9.29. The lowest BCUT2D eigenvalue weighted by molar-refractivity contribution is 0.203. The van der Waals surface area contributed by atoms with Crippen LogP contribution in [-0.2, 0) is 0 Å². The molecule has 19 heavy (non-hydrogen) atoms. The van der Waals surface area contributed by atoms with E-state index in [4.69, 9.17) is 0 Å². The van der Waals surface area contributed by atoms with Crippen molar-refractivity contribution in [2.45, 2.75) is 19.8 Å². The van der Waals surface area contributed by atoms with Crippen molar-refractivity contribution in [2.75, 3.05) is 24.6 Å². The SMILES string of the molecule is Cc1nnc(N2CCC(CO)CC2)c2ccccc12. The van der Waals surface area contributed by atoms with Gasteiger partial charge in [-0.25, -0.2) is 0 Å². The van der Waals surface area contributed by atoms with Gasteiger partial charge in [0.1, 0.15) is 0 Å². The fraction of sp³-hybridized carbons (Fsp3) is 0.467. The summed E-state index contributed by atoms with van der Waals surface area (Å²) in [6, 6.07) is 8.31. The summed E-state index contributed by atoms with van der Waals surface area (Å²) in [5.74, 6) is 1.43. The highest BCUT2D eigenvalue weighted by Crippen LogP contribution is 2.28. The van der Waals surface area contributed by atoms with Crippen LogP contribution in [0.5, 0.6) is 0 Å². The van der Waals surface area contributed by atoms with Crippen molar-refractivity contribution in [3.05, 3.63) is 30.0 Å². The number of aryl methyl sites for hydroxylation is 1. The Hall–Kier alpha value is -1.68. The van der Waals surface area contributed by atoms with Crippen LogP contribution in [0, 0.1) is 12.8 Å². The third-order valence-electron chi connectivity index (χ3n) is 4.02. The van der Waals surface area contributed by atoms with E-state index in [2.05, 4.69) is 27.2 Å². The van der Waals surface area contributed by atoms with E-state index in [1.165, 1.54) is 10.8 Å². The molecule has 1 N–H and O–H groups in total. The molecular weight excluding hydrogens is 238 g/mol. The van der Waals surface area contributed by atoms with Crippen molar-refractivity contribution in [2.24, 2.45) is 5.92 Å². The molecule has 1 aliphatic heterocycles. The predicted molar refractivity (Wildman–Crippen MR) is 76.3 cm³/mol. The number of rotatable bonds is 2.